The smallest absolute Gasteiger partial charge is 0.312 e. The molecule has 54 heavy (non-hydrogen) atoms. The lowest BCUT2D eigenvalue weighted by atomic mass is 9.84. The van der Waals surface area contributed by atoms with Crippen LogP contribution in [0, 0.1) is 5.92 Å². The Morgan fingerprint density at radius 3 is 2.06 bits per heavy atom. The highest BCUT2D eigenvalue weighted by molar-refractivity contribution is 6.36. The number of amides is 4. The fourth-order valence-corrected chi connectivity index (χ4v) is 9.33. The van der Waals surface area contributed by atoms with Gasteiger partial charge in [-0.2, -0.15) is 0 Å². The van der Waals surface area contributed by atoms with E-state index in [4.69, 9.17) is 0 Å². The molecule has 0 bridgehead atoms. The predicted octanol–water partition coefficient (Wildman–Crippen LogP) is 4.59. The van der Waals surface area contributed by atoms with E-state index in [9.17, 15) is 24.3 Å². The van der Waals surface area contributed by atoms with Crippen LogP contribution in [0.3, 0.4) is 0 Å². The quantitative estimate of drug-likeness (QED) is 0.235. The fourth-order valence-electron chi connectivity index (χ4n) is 9.33. The van der Waals surface area contributed by atoms with Crippen molar-refractivity contribution in [2.45, 2.75) is 94.8 Å². The van der Waals surface area contributed by atoms with Crippen LogP contribution in [0.2, 0.25) is 0 Å². The molecular weight excluding hydrogens is 679 g/mol. The van der Waals surface area contributed by atoms with Crippen LogP contribution in [-0.2, 0) is 38.4 Å². The van der Waals surface area contributed by atoms with Gasteiger partial charge in [-0.3, -0.25) is 24.1 Å². The molecule has 10 nitrogen and oxygen atoms in total. The van der Waals surface area contributed by atoms with Gasteiger partial charge in [-0.15, -0.1) is 0 Å². The Hall–Kier alpha value is -4.70. The van der Waals surface area contributed by atoms with Crippen LogP contribution in [0.1, 0.15) is 68.1 Å². The van der Waals surface area contributed by atoms with Crippen LogP contribution >= 0.6 is 0 Å². The number of benzene rings is 3. The lowest BCUT2D eigenvalue weighted by Crippen LogP contribution is -2.64. The number of rotatable bonds is 14. The molecule has 0 aromatic heterocycles. The molecule has 1 saturated carbocycles. The van der Waals surface area contributed by atoms with Crippen molar-refractivity contribution in [2.24, 2.45) is 5.92 Å². The number of carbonyl (C=O) groups excluding carboxylic acids is 4. The van der Waals surface area contributed by atoms with E-state index in [-0.39, 0.29) is 29.9 Å². The SMILES string of the molecule is O=C1NC[C@H](Cc2ccccc2)N(C[C@@H]2CCCN2CC(CC2CCCCC2)N2C[C@H](Cc3ccc(O)cc3)N(CCc3ccccc3)C(=O)C2=O)C1=O. The molecule has 3 heterocycles. The van der Waals surface area contributed by atoms with Gasteiger partial charge >= 0.3 is 23.6 Å². The molecule has 0 spiro atoms. The average molecular weight is 734 g/mol. The van der Waals surface area contributed by atoms with Crippen LogP contribution < -0.4 is 5.32 Å². The molecule has 10 heteroatoms. The lowest BCUT2D eigenvalue weighted by Gasteiger charge is -2.46. The predicted molar refractivity (Wildman–Crippen MR) is 207 cm³/mol. The molecule has 3 aliphatic heterocycles. The number of carbonyl (C=O) groups is 4. The first-order valence-electron chi connectivity index (χ1n) is 20.1. The first kappa shape index (κ1) is 37.6. The van der Waals surface area contributed by atoms with Crippen molar-refractivity contribution < 1.29 is 24.3 Å². The van der Waals surface area contributed by atoms with Gasteiger partial charge < -0.3 is 25.1 Å². The number of aromatic hydroxyl groups is 1. The van der Waals surface area contributed by atoms with Gasteiger partial charge in [0.05, 0.1) is 12.1 Å². The van der Waals surface area contributed by atoms with Gasteiger partial charge in [0.1, 0.15) is 5.75 Å². The highest BCUT2D eigenvalue weighted by Gasteiger charge is 2.44. The van der Waals surface area contributed by atoms with Gasteiger partial charge in [0, 0.05) is 44.8 Å². The zero-order valence-electron chi connectivity index (χ0n) is 31.4. The monoisotopic (exact) mass is 733 g/mol. The summed E-state index contributed by atoms with van der Waals surface area (Å²) in [4.78, 5) is 62.5. The molecule has 4 aliphatic rings. The largest absolute Gasteiger partial charge is 0.508 e. The third-order valence-electron chi connectivity index (χ3n) is 12.3. The van der Waals surface area contributed by atoms with E-state index >= 15 is 0 Å². The van der Waals surface area contributed by atoms with Gasteiger partial charge in [-0.25, -0.2) is 0 Å². The molecule has 1 aliphatic carbocycles. The number of piperazine rings is 2. The maximum absolute atomic E-state index is 14.3. The second-order valence-corrected chi connectivity index (χ2v) is 15.9. The Kier molecular flexibility index (Phi) is 12.3. The zero-order valence-corrected chi connectivity index (χ0v) is 31.4. The van der Waals surface area contributed by atoms with Crippen LogP contribution in [0.25, 0.3) is 0 Å². The maximum atomic E-state index is 14.3. The second-order valence-electron chi connectivity index (χ2n) is 15.9. The molecular formula is C44H55N5O5. The number of phenols is 1. The molecule has 0 radical (unpaired) electrons. The van der Waals surface area contributed by atoms with Gasteiger partial charge in [0.25, 0.3) is 0 Å². The highest BCUT2D eigenvalue weighted by Crippen LogP contribution is 2.32. The zero-order chi connectivity index (χ0) is 37.4. The summed E-state index contributed by atoms with van der Waals surface area (Å²) in [5.74, 6) is -1.21. The lowest BCUT2D eigenvalue weighted by molar-refractivity contribution is -0.161. The minimum atomic E-state index is -0.548. The standard InChI is InChI=1S/C44H55N5O5/c50-40-20-18-35(19-21-40)27-39-31-49(44(54)43(53)47(39)24-22-32-11-4-1-5-12-32)38(26-34-15-8-3-9-16-34)29-46-23-10-17-36(46)30-48-37(28-45-41(51)42(48)52)25-33-13-6-2-7-14-33/h1-2,4-7,11-14,18-21,34,36-39,50H,3,8-10,15-17,22-31H2,(H,45,51)/t36-,37-,38?,39-/m0/s1. The van der Waals surface area contributed by atoms with Crippen LogP contribution in [0.5, 0.6) is 5.75 Å². The fraction of sp³-hybridized carbons (Fsp3) is 0.500. The molecule has 4 amide bonds. The Morgan fingerprint density at radius 1 is 0.667 bits per heavy atom. The Bertz CT molecular complexity index is 1730. The highest BCUT2D eigenvalue weighted by atomic mass is 16.3. The summed E-state index contributed by atoms with van der Waals surface area (Å²) in [6.45, 7) is 3.26. The van der Waals surface area contributed by atoms with Crippen molar-refractivity contribution in [2.75, 3.05) is 39.3 Å². The Balaban J connectivity index is 1.12. The minimum Gasteiger partial charge on any atom is -0.508 e. The first-order chi connectivity index (χ1) is 26.3. The summed E-state index contributed by atoms with van der Waals surface area (Å²) < 4.78 is 0. The van der Waals surface area contributed by atoms with Crippen molar-refractivity contribution in [3.8, 4) is 5.75 Å². The van der Waals surface area contributed by atoms with Crippen molar-refractivity contribution in [1.82, 2.24) is 24.9 Å². The minimum absolute atomic E-state index is 0.0535. The van der Waals surface area contributed by atoms with Crippen LogP contribution in [-0.4, -0.2) is 112 Å². The van der Waals surface area contributed by atoms with Gasteiger partial charge in [-0.05, 0) is 79.8 Å². The summed E-state index contributed by atoms with van der Waals surface area (Å²) in [6.07, 6.45) is 10.5. The van der Waals surface area contributed by atoms with E-state index in [0.29, 0.717) is 57.9 Å². The summed E-state index contributed by atoms with van der Waals surface area (Å²) in [5.41, 5.74) is 3.25. The molecule has 2 N–H and O–H groups in total. The number of nitrogens with zero attached hydrogens (tertiary/aromatic N) is 4. The molecule has 3 saturated heterocycles. The van der Waals surface area contributed by atoms with Crippen molar-refractivity contribution in [3.05, 3.63) is 102 Å². The third-order valence-corrected chi connectivity index (χ3v) is 12.3. The Morgan fingerprint density at radius 2 is 1.33 bits per heavy atom. The summed E-state index contributed by atoms with van der Waals surface area (Å²) in [6, 6.07) is 26.9. The van der Waals surface area contributed by atoms with E-state index < -0.39 is 23.6 Å². The number of likely N-dealkylation sites (tertiary alicyclic amines) is 1. The van der Waals surface area contributed by atoms with Crippen molar-refractivity contribution in [1.29, 1.82) is 0 Å². The maximum Gasteiger partial charge on any atom is 0.312 e. The molecule has 3 aromatic rings. The van der Waals surface area contributed by atoms with Crippen molar-refractivity contribution in [3.63, 3.8) is 0 Å². The van der Waals surface area contributed by atoms with E-state index in [1.807, 2.05) is 53.4 Å². The van der Waals surface area contributed by atoms with E-state index in [2.05, 4.69) is 34.5 Å². The molecule has 4 fully saturated rings. The average Bonchev–Trinajstić information content (AvgIpc) is 3.63. The number of hydrogen-bond donors (Lipinski definition) is 2. The summed E-state index contributed by atoms with van der Waals surface area (Å²) >= 11 is 0. The molecule has 286 valence electrons. The van der Waals surface area contributed by atoms with Gasteiger partial charge in [0.2, 0.25) is 0 Å². The second kappa shape index (κ2) is 17.6. The van der Waals surface area contributed by atoms with Crippen LogP contribution in [0.4, 0.5) is 0 Å². The number of phenolic OH excluding ortho intramolecular Hbond substituents is 1. The number of nitrogens with one attached hydrogen (secondary N) is 1. The molecule has 4 atom stereocenters. The van der Waals surface area contributed by atoms with Crippen LogP contribution in [0.15, 0.2) is 84.9 Å². The van der Waals surface area contributed by atoms with E-state index in [1.54, 1.807) is 21.9 Å². The topological polar surface area (TPSA) is 114 Å². The van der Waals surface area contributed by atoms with Gasteiger partial charge in [-0.1, -0.05) is 105 Å². The first-order valence-corrected chi connectivity index (χ1v) is 20.1. The van der Waals surface area contributed by atoms with E-state index in [1.165, 1.54) is 19.3 Å². The normalized spacial score (nSPS) is 23.6. The summed E-state index contributed by atoms with van der Waals surface area (Å²) in [5, 5.41) is 12.8. The molecule has 1 unspecified atom stereocenters. The Labute approximate surface area is 319 Å². The van der Waals surface area contributed by atoms with Crippen molar-refractivity contribution >= 4 is 23.6 Å². The molecule has 7 rings (SSSR count). The molecule has 3 aromatic carbocycles. The number of hydrogen-bond acceptors (Lipinski definition) is 6. The third kappa shape index (κ3) is 9.14. The van der Waals surface area contributed by atoms with E-state index in [0.717, 1.165) is 55.3 Å². The summed E-state index contributed by atoms with van der Waals surface area (Å²) in [7, 11) is 0. The van der Waals surface area contributed by atoms with Gasteiger partial charge in [0.15, 0.2) is 0 Å².